The van der Waals surface area contributed by atoms with E-state index in [1.165, 1.54) is 42.9 Å². The predicted octanol–water partition coefficient (Wildman–Crippen LogP) is 2.87. The van der Waals surface area contributed by atoms with Crippen molar-refractivity contribution in [2.24, 2.45) is 14.1 Å². The molecule has 33 heavy (non-hydrogen) atoms. The number of aromatic nitrogens is 4. The van der Waals surface area contributed by atoms with Gasteiger partial charge in [0.15, 0.2) is 11.5 Å². The fourth-order valence-electron chi connectivity index (χ4n) is 3.32. The topological polar surface area (TPSA) is 98.9 Å². The Labute approximate surface area is 192 Å². The zero-order chi connectivity index (χ0) is 23.7. The van der Waals surface area contributed by atoms with Crippen molar-refractivity contribution >= 4 is 34.4 Å². The lowest BCUT2D eigenvalue weighted by molar-refractivity contribution is -0.113. The van der Waals surface area contributed by atoms with Crippen molar-refractivity contribution in [2.75, 3.05) is 11.1 Å². The molecule has 0 spiro atoms. The van der Waals surface area contributed by atoms with Crippen LogP contribution in [0.1, 0.15) is 5.56 Å². The van der Waals surface area contributed by atoms with Gasteiger partial charge < -0.3 is 5.32 Å². The molecule has 1 amide bonds. The van der Waals surface area contributed by atoms with Gasteiger partial charge in [-0.25, -0.2) is 19.2 Å². The van der Waals surface area contributed by atoms with Crippen molar-refractivity contribution in [3.05, 3.63) is 80.7 Å². The molecule has 0 aliphatic rings. The average Bonchev–Trinajstić information content (AvgIpc) is 2.80. The van der Waals surface area contributed by atoms with Crippen molar-refractivity contribution in [1.82, 2.24) is 19.1 Å². The molecule has 0 aliphatic carbocycles. The molecule has 0 saturated carbocycles. The maximum absolute atomic E-state index is 13.4. The largest absolute Gasteiger partial charge is 0.332 e. The number of amides is 1. The average molecular weight is 466 g/mol. The van der Waals surface area contributed by atoms with Crippen LogP contribution in [-0.4, -0.2) is 30.8 Å². The molecule has 168 valence electrons. The van der Waals surface area contributed by atoms with Crippen LogP contribution in [0.4, 0.5) is 10.1 Å². The highest BCUT2D eigenvalue weighted by atomic mass is 32.2. The molecule has 2 aromatic carbocycles. The lowest BCUT2D eigenvalue weighted by Crippen LogP contribution is -2.37. The number of fused-ring (bicyclic) bond motifs is 1. The molecule has 2 aromatic heterocycles. The zero-order valence-electron chi connectivity index (χ0n) is 18.1. The van der Waals surface area contributed by atoms with Crippen LogP contribution < -0.4 is 16.6 Å². The van der Waals surface area contributed by atoms with E-state index >= 15 is 0 Å². The van der Waals surface area contributed by atoms with Crippen LogP contribution in [0, 0.1) is 12.7 Å². The number of nitrogens with one attached hydrogen (secondary N) is 1. The van der Waals surface area contributed by atoms with Crippen molar-refractivity contribution in [3.8, 4) is 11.4 Å². The number of hydrogen-bond acceptors (Lipinski definition) is 6. The van der Waals surface area contributed by atoms with E-state index in [4.69, 9.17) is 0 Å². The van der Waals surface area contributed by atoms with Gasteiger partial charge in [0.05, 0.1) is 5.75 Å². The zero-order valence-corrected chi connectivity index (χ0v) is 18.9. The second-order valence-electron chi connectivity index (χ2n) is 7.47. The summed E-state index contributed by atoms with van der Waals surface area (Å²) < 4.78 is 15.6. The Balaban J connectivity index is 1.76. The maximum atomic E-state index is 13.4. The molecule has 0 atom stereocenters. The van der Waals surface area contributed by atoms with E-state index in [0.717, 1.165) is 21.9 Å². The van der Waals surface area contributed by atoms with Crippen LogP contribution in [0.25, 0.3) is 22.4 Å². The van der Waals surface area contributed by atoms with Gasteiger partial charge in [0, 0.05) is 25.3 Å². The van der Waals surface area contributed by atoms with Crippen LogP contribution in [0.15, 0.2) is 63.1 Å². The van der Waals surface area contributed by atoms with E-state index in [0.29, 0.717) is 11.3 Å². The first-order valence-electron chi connectivity index (χ1n) is 9.97. The van der Waals surface area contributed by atoms with Crippen LogP contribution in [0.3, 0.4) is 0 Å². The van der Waals surface area contributed by atoms with Crippen LogP contribution in [0.5, 0.6) is 0 Å². The van der Waals surface area contributed by atoms with Gasteiger partial charge >= 0.3 is 5.69 Å². The summed E-state index contributed by atoms with van der Waals surface area (Å²) in [6.45, 7) is 1.93. The molecule has 0 bridgehead atoms. The van der Waals surface area contributed by atoms with Gasteiger partial charge in [-0.3, -0.25) is 18.7 Å². The summed E-state index contributed by atoms with van der Waals surface area (Å²) in [4.78, 5) is 46.8. The Bertz CT molecular complexity index is 1500. The standard InChI is InChI=1S/C23H20FN5O3S/c1-13-5-4-6-16(11-13)25-17(30)12-33-21-18-20(28(2)23(32)29(3)22(18)31)26-19(27-21)14-7-9-15(24)10-8-14/h4-11H,12H2,1-3H3,(H,25,30). The second-order valence-corrected chi connectivity index (χ2v) is 8.43. The monoisotopic (exact) mass is 465 g/mol. The molecule has 0 unspecified atom stereocenters. The first-order chi connectivity index (χ1) is 15.7. The number of rotatable bonds is 5. The van der Waals surface area contributed by atoms with E-state index in [9.17, 15) is 18.8 Å². The highest BCUT2D eigenvalue weighted by Crippen LogP contribution is 2.26. The number of hydrogen-bond donors (Lipinski definition) is 1. The summed E-state index contributed by atoms with van der Waals surface area (Å²) in [5, 5.41) is 3.21. The van der Waals surface area contributed by atoms with Crippen molar-refractivity contribution in [1.29, 1.82) is 0 Å². The van der Waals surface area contributed by atoms with E-state index in [-0.39, 0.29) is 33.5 Å². The van der Waals surface area contributed by atoms with Gasteiger partial charge in [0.25, 0.3) is 5.56 Å². The van der Waals surface area contributed by atoms with Gasteiger partial charge in [-0.1, -0.05) is 23.9 Å². The van der Waals surface area contributed by atoms with Gasteiger partial charge in [-0.2, -0.15) is 0 Å². The molecule has 4 rings (SSSR count). The van der Waals surface area contributed by atoms with Crippen molar-refractivity contribution in [3.63, 3.8) is 0 Å². The Kier molecular flexibility index (Phi) is 6.10. The summed E-state index contributed by atoms with van der Waals surface area (Å²) in [5.74, 6) is -0.493. The Morgan fingerprint density at radius 2 is 1.79 bits per heavy atom. The number of benzene rings is 2. The summed E-state index contributed by atoms with van der Waals surface area (Å²) in [5.41, 5.74) is 1.23. The number of carbonyl (C=O) groups is 1. The maximum Gasteiger partial charge on any atom is 0.332 e. The first kappa shape index (κ1) is 22.4. The molecule has 0 radical (unpaired) electrons. The second kappa shape index (κ2) is 8.99. The van der Waals surface area contributed by atoms with Crippen molar-refractivity contribution in [2.45, 2.75) is 11.9 Å². The SMILES string of the molecule is Cc1cccc(NC(=O)CSc2nc(-c3ccc(F)cc3)nc3c2c(=O)n(C)c(=O)n3C)c1. The number of thioether (sulfide) groups is 1. The molecule has 8 nitrogen and oxygen atoms in total. The van der Waals surface area contributed by atoms with Gasteiger partial charge in [0.1, 0.15) is 16.2 Å². The molecule has 1 N–H and O–H groups in total. The fraction of sp³-hybridized carbons (Fsp3) is 0.174. The van der Waals surface area contributed by atoms with Crippen LogP contribution in [0.2, 0.25) is 0 Å². The third-order valence-corrected chi connectivity index (χ3v) is 5.99. The Hall–Kier alpha value is -3.79. The third-order valence-electron chi connectivity index (χ3n) is 5.01. The molecule has 4 aromatic rings. The van der Waals surface area contributed by atoms with Gasteiger partial charge in [-0.15, -0.1) is 0 Å². The summed E-state index contributed by atoms with van der Waals surface area (Å²) in [6, 6.07) is 13.0. The highest BCUT2D eigenvalue weighted by molar-refractivity contribution is 8.00. The van der Waals surface area contributed by atoms with Crippen LogP contribution >= 0.6 is 11.8 Å². The minimum atomic E-state index is -0.555. The normalized spacial score (nSPS) is 11.0. The fourth-order valence-corrected chi connectivity index (χ4v) is 4.13. The molecule has 2 heterocycles. The highest BCUT2D eigenvalue weighted by Gasteiger charge is 2.19. The molecular formula is C23H20FN5O3S. The van der Waals surface area contributed by atoms with E-state index in [2.05, 4.69) is 15.3 Å². The smallest absolute Gasteiger partial charge is 0.325 e. The van der Waals surface area contributed by atoms with Gasteiger partial charge in [0.2, 0.25) is 5.91 Å². The molecular weight excluding hydrogens is 445 g/mol. The van der Waals surface area contributed by atoms with Crippen molar-refractivity contribution < 1.29 is 9.18 Å². The van der Waals surface area contributed by atoms with E-state index in [1.54, 1.807) is 6.07 Å². The summed E-state index contributed by atoms with van der Waals surface area (Å²) in [6.07, 6.45) is 0. The molecule has 0 saturated heterocycles. The molecule has 0 fully saturated rings. The van der Waals surface area contributed by atoms with E-state index in [1.807, 2.05) is 25.1 Å². The lowest BCUT2D eigenvalue weighted by Gasteiger charge is -2.12. The number of carbonyl (C=O) groups excluding carboxylic acids is 1. The van der Waals surface area contributed by atoms with E-state index < -0.39 is 17.1 Å². The first-order valence-corrected chi connectivity index (χ1v) is 11.0. The van der Waals surface area contributed by atoms with Crippen LogP contribution in [-0.2, 0) is 18.9 Å². The number of aryl methyl sites for hydroxylation is 2. The summed E-state index contributed by atoms with van der Waals surface area (Å²) in [7, 11) is 2.88. The Morgan fingerprint density at radius 3 is 2.48 bits per heavy atom. The van der Waals surface area contributed by atoms with Gasteiger partial charge in [-0.05, 0) is 48.9 Å². The number of anilines is 1. The number of halogens is 1. The Morgan fingerprint density at radius 1 is 1.06 bits per heavy atom. The lowest BCUT2D eigenvalue weighted by atomic mass is 10.2. The molecule has 10 heteroatoms. The minimum Gasteiger partial charge on any atom is -0.325 e. The third kappa shape index (κ3) is 4.56. The molecule has 0 aliphatic heterocycles. The summed E-state index contributed by atoms with van der Waals surface area (Å²) >= 11 is 1.06. The quantitative estimate of drug-likeness (QED) is 0.360. The minimum absolute atomic E-state index is 0.0189. The number of nitrogens with zero attached hydrogens (tertiary/aromatic N) is 4. The predicted molar refractivity (Wildman–Crippen MR) is 126 cm³/mol.